The molecule has 4 aromatic heterocycles. The third-order valence-electron chi connectivity index (χ3n) is 11.1. The van der Waals surface area contributed by atoms with E-state index in [1.165, 1.54) is 19.0 Å². The zero-order chi connectivity index (χ0) is 50.1. The molecule has 7 atom stereocenters. The Bertz CT molecular complexity index is 2930. The van der Waals surface area contributed by atoms with Crippen LogP contribution in [0.4, 0.5) is 11.6 Å². The molecule has 2 aliphatic rings. The molecule has 0 radical (unpaired) electrons. The Morgan fingerprint density at radius 1 is 0.746 bits per heavy atom. The quantitative estimate of drug-likeness (QED) is 0.0376. The molecule has 2 saturated heterocycles. The number of benzene rings is 2. The van der Waals surface area contributed by atoms with Gasteiger partial charge < -0.3 is 34.4 Å². The number of amides is 2. The summed E-state index contributed by atoms with van der Waals surface area (Å²) in [5, 5.41) is 5.64. The topological polar surface area (TPSA) is 262 Å². The van der Waals surface area contributed by atoms with Crippen LogP contribution in [0.5, 0.6) is 0 Å². The highest BCUT2D eigenvalue weighted by molar-refractivity contribution is 7.63. The number of imidazole rings is 2. The lowest BCUT2D eigenvalue weighted by molar-refractivity contribution is -0.0807. The summed E-state index contributed by atoms with van der Waals surface area (Å²) in [6, 6.07) is 17.4. The van der Waals surface area contributed by atoms with Gasteiger partial charge in [0.05, 0.1) is 44.2 Å². The number of aromatic nitrogens is 8. The van der Waals surface area contributed by atoms with Crippen LogP contribution in [-0.2, 0) is 46.1 Å². The predicted molar refractivity (Wildman–Crippen MR) is 257 cm³/mol. The molecule has 2 fully saturated rings. The third kappa shape index (κ3) is 12.2. The molecule has 2 aromatic carbocycles. The molecule has 2 amide bonds. The van der Waals surface area contributed by atoms with Crippen molar-refractivity contribution in [1.29, 1.82) is 0 Å². The Hall–Kier alpha value is -5.93. The van der Waals surface area contributed by atoms with Gasteiger partial charge in [0.2, 0.25) is 6.54 Å². The lowest BCUT2D eigenvalue weighted by Gasteiger charge is -2.30. The number of nitrogens with zero attached hydrogens (tertiary/aromatic N) is 10. The van der Waals surface area contributed by atoms with Gasteiger partial charge in [0.1, 0.15) is 50.0 Å². The summed E-state index contributed by atoms with van der Waals surface area (Å²) in [7, 11) is -6.31. The van der Waals surface area contributed by atoms with E-state index >= 15 is 0 Å². The Balaban J connectivity index is 1.09. The fraction of sp³-hybridized carbons (Fsp3) is 0.444. The number of hydrogen-bond donors (Lipinski definition) is 2. The van der Waals surface area contributed by atoms with Gasteiger partial charge in [-0.3, -0.25) is 41.3 Å². The first-order valence-electron chi connectivity index (χ1n) is 22.6. The van der Waals surface area contributed by atoms with E-state index in [0.717, 1.165) is 14.2 Å². The molecule has 0 aliphatic carbocycles. The first-order chi connectivity index (χ1) is 34.3. The number of anilines is 2. The molecule has 5 unspecified atom stereocenters. The second-order valence-corrected chi connectivity index (χ2v) is 20.7. The molecule has 2 aliphatic heterocycles. The fourth-order valence-electron chi connectivity index (χ4n) is 7.77. The maximum absolute atomic E-state index is 14.1. The van der Waals surface area contributed by atoms with Crippen LogP contribution in [0.25, 0.3) is 27.2 Å². The minimum atomic E-state index is -4.35. The van der Waals surface area contributed by atoms with Gasteiger partial charge in [-0.15, -0.1) is 4.52 Å². The molecule has 0 spiro atoms. The second-order valence-electron chi connectivity index (χ2n) is 16.6. The minimum Gasteiger partial charge on any atom is -0.376 e. The summed E-state index contributed by atoms with van der Waals surface area (Å²) >= 11 is 0. The van der Waals surface area contributed by atoms with E-state index in [0.29, 0.717) is 39.9 Å². The summed E-state index contributed by atoms with van der Waals surface area (Å²) in [6.45, 7) is 14.4. The molecule has 0 bridgehead atoms. The van der Waals surface area contributed by atoms with Crippen molar-refractivity contribution in [3.63, 3.8) is 0 Å². The molecular weight excluding hydrogens is 963 g/mol. The monoisotopic (exact) mass is 1020 g/mol. The normalized spacial score (nSPS) is 21.2. The van der Waals surface area contributed by atoms with Crippen LogP contribution in [0.3, 0.4) is 0 Å². The number of ether oxygens (including phenoxy) is 4. The average molecular weight is 1020 g/mol. The van der Waals surface area contributed by atoms with Crippen LogP contribution >= 0.6 is 15.5 Å². The van der Waals surface area contributed by atoms with Crippen LogP contribution in [0.1, 0.15) is 73.7 Å². The van der Waals surface area contributed by atoms with Gasteiger partial charge >= 0.3 is 15.5 Å². The predicted octanol–water partition coefficient (Wildman–Crippen LogP) is 7.65. The van der Waals surface area contributed by atoms with Crippen molar-refractivity contribution in [3.05, 3.63) is 109 Å². The Morgan fingerprint density at radius 3 is 1.76 bits per heavy atom. The molecular formula is C45H54N12O12P2. The van der Waals surface area contributed by atoms with Crippen molar-refractivity contribution >= 4 is 61.3 Å². The van der Waals surface area contributed by atoms with Gasteiger partial charge in [0.15, 0.2) is 34.0 Å². The highest BCUT2D eigenvalue weighted by Gasteiger charge is 2.46. The molecule has 71 heavy (non-hydrogen) atoms. The van der Waals surface area contributed by atoms with E-state index in [1.807, 2.05) is 39.8 Å². The Morgan fingerprint density at radius 2 is 1.27 bits per heavy atom. The number of nitrogens with one attached hydrogen (secondary N) is 2. The van der Waals surface area contributed by atoms with Crippen molar-refractivity contribution in [2.75, 3.05) is 51.2 Å². The van der Waals surface area contributed by atoms with Crippen molar-refractivity contribution < 1.29 is 55.7 Å². The van der Waals surface area contributed by atoms with Crippen molar-refractivity contribution in [3.8, 4) is 0 Å². The number of rotatable bonds is 22. The average Bonchev–Trinajstić information content (AvgIpc) is 4.19. The van der Waals surface area contributed by atoms with Crippen LogP contribution in [0.15, 0.2) is 90.5 Å². The van der Waals surface area contributed by atoms with E-state index in [2.05, 4.69) is 49.9 Å². The van der Waals surface area contributed by atoms with E-state index in [9.17, 15) is 14.2 Å². The summed E-state index contributed by atoms with van der Waals surface area (Å²) in [6.07, 6.45) is 0.984. The summed E-state index contributed by atoms with van der Waals surface area (Å²) < 4.78 is 78.1. The number of carbonyl (C=O) groups is 2. The van der Waals surface area contributed by atoms with Crippen molar-refractivity contribution in [2.24, 2.45) is 4.52 Å². The highest BCUT2D eigenvalue weighted by atomic mass is 31.2. The first-order valence-corrected chi connectivity index (χ1v) is 25.6. The van der Waals surface area contributed by atoms with Gasteiger partial charge in [-0.2, -0.15) is 0 Å². The largest absolute Gasteiger partial charge is 0.457 e. The molecule has 0 saturated carbocycles. The number of carbonyl (C=O) groups excluding carboxylic acids is 2. The number of fused-ring (bicyclic) bond motifs is 2. The van der Waals surface area contributed by atoms with Gasteiger partial charge in [-0.25, -0.2) is 41.0 Å². The highest BCUT2D eigenvalue weighted by Crippen LogP contribution is 2.66. The minimum absolute atomic E-state index is 0.0326. The number of hydrogen-bond acceptors (Lipinski definition) is 18. The standard InChI is InChI=1S/C45H54N12O12P2/c1-28(2)63-22-34-33(21-37(67-34)57-27-52-39-41(48-25-50-43(39)57)54-45(59)31-16-12-9-13-17-31)69-71(64-19-18-46-5,55-70(60,61-6)62-7)65-23-35-32(66-29(3)4)20-36(68-35)56-26-51-38-40(47-24-49-42(38)56)53-44(58)30-14-10-8-11-15-30/h8-17,24-29,32-37H,18-23H2,1-4,6-7H3,(H,47,49,53,58)(H,48,50,54,59)/t32-,33-,34?,35?,36?,37?,71?/m1/s1. The van der Waals surface area contributed by atoms with Crippen molar-refractivity contribution in [2.45, 2.75) is 89.6 Å². The zero-order valence-corrected chi connectivity index (χ0v) is 41.5. The zero-order valence-electron chi connectivity index (χ0n) is 39.7. The fourth-order valence-corrected chi connectivity index (χ4v) is 11.6. The molecule has 6 aromatic rings. The Kier molecular flexibility index (Phi) is 16.7. The van der Waals surface area contributed by atoms with Crippen LogP contribution in [0, 0.1) is 6.57 Å². The smallest absolute Gasteiger partial charge is 0.376 e. The molecule has 26 heteroatoms. The lowest BCUT2D eigenvalue weighted by Crippen LogP contribution is -2.33. The van der Waals surface area contributed by atoms with E-state index in [-0.39, 0.29) is 68.4 Å². The molecule has 376 valence electrons. The Labute approximate surface area is 408 Å². The third-order valence-corrected chi connectivity index (χ3v) is 15.3. The van der Waals surface area contributed by atoms with E-state index in [1.54, 1.807) is 64.0 Å². The van der Waals surface area contributed by atoms with E-state index in [4.69, 9.17) is 48.1 Å². The van der Waals surface area contributed by atoms with Crippen LogP contribution in [-0.4, -0.2) is 128 Å². The molecule has 24 nitrogen and oxygen atoms in total. The second kappa shape index (κ2) is 23.1. The van der Waals surface area contributed by atoms with Gasteiger partial charge in [0.25, 0.3) is 11.8 Å². The molecule has 8 rings (SSSR count). The molecule has 2 N–H and O–H groups in total. The molecule has 6 heterocycles. The summed E-state index contributed by atoms with van der Waals surface area (Å²) in [5.74, 6) is -0.347. The van der Waals surface area contributed by atoms with Gasteiger partial charge in [0, 0.05) is 38.2 Å². The van der Waals surface area contributed by atoms with Crippen molar-refractivity contribution in [1.82, 2.24) is 39.0 Å². The summed E-state index contributed by atoms with van der Waals surface area (Å²) in [5.41, 5.74) is 2.25. The van der Waals surface area contributed by atoms with Gasteiger partial charge in [-0.05, 0) is 52.0 Å². The van der Waals surface area contributed by atoms with Gasteiger partial charge in [-0.1, -0.05) is 36.4 Å². The van der Waals surface area contributed by atoms with Crippen LogP contribution < -0.4 is 10.6 Å². The van der Waals surface area contributed by atoms with Crippen LogP contribution in [0.2, 0.25) is 0 Å². The first kappa shape index (κ1) is 51.4. The van der Waals surface area contributed by atoms with E-state index < -0.39 is 52.4 Å². The lowest BCUT2D eigenvalue weighted by atomic mass is 10.2. The summed E-state index contributed by atoms with van der Waals surface area (Å²) in [4.78, 5) is 56.3. The maximum atomic E-state index is 14.1. The maximum Gasteiger partial charge on any atom is 0.457 e. The SMILES string of the molecule is [C-]#[N+]CCOP(=NP(=O)(OC)OC)(OCC1OC(n2cnc3c(NC(=O)c4ccccc4)ncnc32)C[C@H]1OC(C)C)O[C@@H]1CC(n2cnc3c(NC(=O)c4ccccc4)ncnc32)OC1COC(C)C.